The molecular formula is C28H31N5. The number of aryl methyl sites for hydroxylation is 2. The molecule has 0 N–H and O–H groups in total. The van der Waals surface area contributed by atoms with Gasteiger partial charge in [0.2, 0.25) is 0 Å². The van der Waals surface area contributed by atoms with Crippen LogP contribution in [0.3, 0.4) is 0 Å². The highest BCUT2D eigenvalue weighted by Gasteiger charge is 2.30. The smallest absolute Gasteiger partial charge is 0.141 e. The Kier molecular flexibility index (Phi) is 6.14. The van der Waals surface area contributed by atoms with Gasteiger partial charge in [-0.05, 0) is 68.7 Å². The molecule has 0 aliphatic carbocycles. The lowest BCUT2D eigenvalue weighted by Gasteiger charge is -2.30. The molecule has 168 valence electrons. The number of aromatic nitrogens is 1. The Balaban J connectivity index is 1.78. The zero-order valence-electron chi connectivity index (χ0n) is 20.2. The molecule has 5 heteroatoms. The number of nitrogens with zero attached hydrogens (tertiary/aromatic N) is 5. The van der Waals surface area contributed by atoms with Crippen LogP contribution in [0.15, 0.2) is 83.3 Å². The van der Waals surface area contributed by atoms with Crippen LogP contribution in [0.5, 0.6) is 0 Å². The Morgan fingerprint density at radius 2 is 1.97 bits per heavy atom. The molecular weight excluding hydrogens is 406 g/mol. The number of hydrogen-bond acceptors (Lipinski definition) is 5. The minimum absolute atomic E-state index is 0.759. The van der Waals surface area contributed by atoms with E-state index in [4.69, 9.17) is 9.98 Å². The quantitative estimate of drug-likeness (QED) is 0.537. The van der Waals surface area contributed by atoms with Gasteiger partial charge < -0.3 is 9.80 Å². The van der Waals surface area contributed by atoms with Crippen LogP contribution in [0.2, 0.25) is 0 Å². The van der Waals surface area contributed by atoms with Crippen LogP contribution in [0.1, 0.15) is 36.1 Å². The fourth-order valence-corrected chi connectivity index (χ4v) is 4.18. The molecule has 2 aliphatic rings. The molecule has 4 rings (SSSR count). The fourth-order valence-electron chi connectivity index (χ4n) is 4.18. The van der Waals surface area contributed by atoms with Crippen LogP contribution in [-0.4, -0.2) is 41.6 Å². The maximum absolute atomic E-state index is 4.85. The molecule has 3 heterocycles. The monoisotopic (exact) mass is 437 g/mol. The summed E-state index contributed by atoms with van der Waals surface area (Å²) in [7, 11) is 2.04. The first-order valence-electron chi connectivity index (χ1n) is 11.2. The number of benzene rings is 1. The van der Waals surface area contributed by atoms with Gasteiger partial charge in [0, 0.05) is 59.8 Å². The lowest BCUT2D eigenvalue weighted by Crippen LogP contribution is -2.31. The predicted molar refractivity (Wildman–Crippen MR) is 141 cm³/mol. The molecule has 1 aromatic carbocycles. The molecule has 0 unspecified atom stereocenters. The highest BCUT2D eigenvalue weighted by atomic mass is 15.3. The van der Waals surface area contributed by atoms with Crippen molar-refractivity contribution in [3.63, 3.8) is 0 Å². The molecule has 33 heavy (non-hydrogen) atoms. The molecule has 1 aromatic heterocycles. The van der Waals surface area contributed by atoms with Gasteiger partial charge in [0.05, 0.1) is 6.54 Å². The average molecular weight is 438 g/mol. The van der Waals surface area contributed by atoms with E-state index >= 15 is 0 Å². The number of anilines is 1. The SMILES string of the molecule is C=CC1=C(N=C(C)C)N2CCN=C2C(c2cc(N(C)C(=C)c3cncc(C)c3)ccc2C)=C1. The lowest BCUT2D eigenvalue weighted by molar-refractivity contribution is 0.552. The van der Waals surface area contributed by atoms with Crippen molar-refractivity contribution in [2.24, 2.45) is 9.98 Å². The van der Waals surface area contributed by atoms with Gasteiger partial charge in [-0.15, -0.1) is 0 Å². The molecule has 0 bridgehead atoms. The molecule has 0 radical (unpaired) electrons. The summed E-state index contributed by atoms with van der Waals surface area (Å²) in [5.41, 5.74) is 9.56. The van der Waals surface area contributed by atoms with Crippen molar-refractivity contribution in [1.29, 1.82) is 0 Å². The maximum atomic E-state index is 4.85. The Hall–Kier alpha value is -3.73. The molecule has 0 saturated heterocycles. The number of aliphatic imine (C=N–C) groups is 2. The molecule has 2 aromatic rings. The molecule has 0 spiro atoms. The zero-order valence-corrected chi connectivity index (χ0v) is 20.2. The molecule has 2 aliphatic heterocycles. The van der Waals surface area contributed by atoms with Gasteiger partial charge >= 0.3 is 0 Å². The molecule has 5 nitrogen and oxygen atoms in total. The van der Waals surface area contributed by atoms with Gasteiger partial charge in [-0.3, -0.25) is 9.98 Å². The molecule has 0 atom stereocenters. The van der Waals surface area contributed by atoms with Gasteiger partial charge in [0.25, 0.3) is 0 Å². The topological polar surface area (TPSA) is 44.1 Å². The van der Waals surface area contributed by atoms with Gasteiger partial charge in [0.1, 0.15) is 11.7 Å². The third-order valence-electron chi connectivity index (χ3n) is 5.96. The van der Waals surface area contributed by atoms with E-state index in [1.54, 1.807) is 0 Å². The van der Waals surface area contributed by atoms with Gasteiger partial charge in [0.15, 0.2) is 0 Å². The Labute approximate surface area is 196 Å². The van der Waals surface area contributed by atoms with Crippen molar-refractivity contribution >= 4 is 28.5 Å². The van der Waals surface area contributed by atoms with Gasteiger partial charge in [-0.1, -0.05) is 25.3 Å². The fraction of sp³-hybridized carbons (Fsp3) is 0.250. The Morgan fingerprint density at radius 1 is 1.18 bits per heavy atom. The van der Waals surface area contributed by atoms with Crippen molar-refractivity contribution in [3.8, 4) is 0 Å². The van der Waals surface area contributed by atoms with Crippen molar-refractivity contribution < 1.29 is 0 Å². The van der Waals surface area contributed by atoms with Crippen molar-refractivity contribution in [1.82, 2.24) is 9.88 Å². The summed E-state index contributed by atoms with van der Waals surface area (Å²) in [5, 5.41) is 0. The van der Waals surface area contributed by atoms with E-state index in [0.29, 0.717) is 0 Å². The number of rotatable bonds is 6. The largest absolute Gasteiger partial charge is 0.345 e. The summed E-state index contributed by atoms with van der Waals surface area (Å²) in [6.45, 7) is 18.2. The summed E-state index contributed by atoms with van der Waals surface area (Å²) in [4.78, 5) is 18.3. The second kappa shape index (κ2) is 9.02. The van der Waals surface area contributed by atoms with E-state index in [2.05, 4.69) is 65.2 Å². The normalized spacial score (nSPS) is 15.0. The third kappa shape index (κ3) is 4.31. The minimum Gasteiger partial charge on any atom is -0.345 e. The Bertz CT molecular complexity index is 1250. The predicted octanol–water partition coefficient (Wildman–Crippen LogP) is 5.80. The highest BCUT2D eigenvalue weighted by molar-refractivity contribution is 6.25. The maximum Gasteiger partial charge on any atom is 0.141 e. The van der Waals surface area contributed by atoms with Crippen molar-refractivity contribution in [3.05, 3.63) is 95.6 Å². The second-order valence-electron chi connectivity index (χ2n) is 8.71. The molecule has 0 amide bonds. The van der Waals surface area contributed by atoms with Crippen LogP contribution < -0.4 is 4.90 Å². The number of amidine groups is 1. The van der Waals surface area contributed by atoms with Crippen LogP contribution in [0.4, 0.5) is 5.69 Å². The van der Waals surface area contributed by atoms with E-state index in [1.807, 2.05) is 46.3 Å². The first kappa shape index (κ1) is 22.5. The lowest BCUT2D eigenvalue weighted by atomic mass is 9.94. The van der Waals surface area contributed by atoms with Crippen LogP contribution in [-0.2, 0) is 0 Å². The van der Waals surface area contributed by atoms with Gasteiger partial charge in [-0.25, -0.2) is 4.99 Å². The minimum atomic E-state index is 0.759. The summed E-state index contributed by atoms with van der Waals surface area (Å²) in [5.74, 6) is 1.90. The summed E-state index contributed by atoms with van der Waals surface area (Å²) in [6.07, 6.45) is 7.76. The third-order valence-corrected chi connectivity index (χ3v) is 5.96. The average Bonchev–Trinajstić information content (AvgIpc) is 3.29. The first-order valence-corrected chi connectivity index (χ1v) is 11.2. The summed E-state index contributed by atoms with van der Waals surface area (Å²) < 4.78 is 0. The second-order valence-corrected chi connectivity index (χ2v) is 8.71. The molecule has 0 fully saturated rings. The van der Waals surface area contributed by atoms with Crippen molar-refractivity contribution in [2.45, 2.75) is 27.7 Å². The van der Waals surface area contributed by atoms with E-state index in [0.717, 1.165) is 69.7 Å². The van der Waals surface area contributed by atoms with E-state index in [1.165, 1.54) is 5.56 Å². The Morgan fingerprint density at radius 3 is 2.67 bits per heavy atom. The first-order chi connectivity index (χ1) is 15.8. The zero-order chi connectivity index (χ0) is 23.7. The number of hydrogen-bond donors (Lipinski definition) is 0. The van der Waals surface area contributed by atoms with Crippen LogP contribution >= 0.6 is 0 Å². The standard InChI is InChI=1S/C28H31N5/c1-8-22-14-26(28-30-11-12-33(28)27(22)31-18(2)3)25-15-24(10-9-20(25)5)32(7)21(6)23-13-19(4)16-29-17-23/h8-10,13-17H,1,6,11-12H2,2-5,7H3. The van der Waals surface area contributed by atoms with Crippen LogP contribution in [0.25, 0.3) is 11.3 Å². The highest BCUT2D eigenvalue weighted by Crippen LogP contribution is 2.36. The summed E-state index contributed by atoms with van der Waals surface area (Å²) in [6, 6.07) is 8.61. The van der Waals surface area contributed by atoms with Crippen molar-refractivity contribution in [2.75, 3.05) is 25.0 Å². The van der Waals surface area contributed by atoms with E-state index in [-0.39, 0.29) is 0 Å². The van der Waals surface area contributed by atoms with Gasteiger partial charge in [-0.2, -0.15) is 0 Å². The number of pyridine rings is 1. The van der Waals surface area contributed by atoms with Crippen LogP contribution in [0, 0.1) is 13.8 Å². The van der Waals surface area contributed by atoms with E-state index in [9.17, 15) is 0 Å². The summed E-state index contributed by atoms with van der Waals surface area (Å²) >= 11 is 0. The van der Waals surface area contributed by atoms with E-state index < -0.39 is 0 Å². The molecule has 0 saturated carbocycles. The number of allylic oxidation sites excluding steroid dienone is 3. The number of fused-ring (bicyclic) bond motifs is 1.